The smallest absolute Gasteiger partial charge is 0.123 e. The highest BCUT2D eigenvalue weighted by Crippen LogP contribution is 2.38. The highest BCUT2D eigenvalue weighted by atomic mass is 19.1. The van der Waals surface area contributed by atoms with E-state index in [1.165, 1.54) is 12.1 Å². The molecule has 112 valence electrons. The molecule has 3 aromatic rings. The Morgan fingerprint density at radius 1 is 1.27 bits per heavy atom. The van der Waals surface area contributed by atoms with Gasteiger partial charge in [-0.1, -0.05) is 18.2 Å². The minimum Gasteiger partial charge on any atom is -0.385 e. The van der Waals surface area contributed by atoms with Crippen molar-refractivity contribution in [2.24, 2.45) is 0 Å². The molecule has 0 amide bonds. The van der Waals surface area contributed by atoms with Gasteiger partial charge in [-0.2, -0.15) is 5.10 Å². The molecule has 0 saturated carbocycles. The van der Waals surface area contributed by atoms with E-state index in [0.29, 0.717) is 24.8 Å². The molecule has 22 heavy (non-hydrogen) atoms. The predicted molar refractivity (Wildman–Crippen MR) is 82.3 cm³/mol. The van der Waals surface area contributed by atoms with Crippen LogP contribution in [0.5, 0.6) is 0 Å². The van der Waals surface area contributed by atoms with Crippen molar-refractivity contribution in [3.63, 3.8) is 0 Å². The van der Waals surface area contributed by atoms with Crippen LogP contribution in [-0.2, 0) is 18.4 Å². The first-order valence-corrected chi connectivity index (χ1v) is 7.50. The summed E-state index contributed by atoms with van der Waals surface area (Å²) in [7, 11) is 0. The minimum absolute atomic E-state index is 0.313. The Labute approximate surface area is 128 Å². The second-order valence-corrected chi connectivity index (χ2v) is 6.18. The normalized spacial score (nSPS) is 21.0. The topological polar surface area (TPSA) is 37.5 Å². The molecular weight excluding hydrogens is 279 g/mol. The molecule has 1 aliphatic carbocycles. The van der Waals surface area contributed by atoms with Crippen LogP contribution < -0.4 is 0 Å². The number of pyridine rings is 1. The third kappa shape index (κ3) is 2.03. The van der Waals surface area contributed by atoms with Gasteiger partial charge in [-0.15, -0.1) is 0 Å². The molecule has 0 aliphatic heterocycles. The van der Waals surface area contributed by atoms with E-state index in [0.717, 1.165) is 22.3 Å². The van der Waals surface area contributed by atoms with Gasteiger partial charge in [0.2, 0.25) is 0 Å². The van der Waals surface area contributed by atoms with Crippen molar-refractivity contribution in [2.75, 3.05) is 0 Å². The maximum absolute atomic E-state index is 13.5. The number of fused-ring (bicyclic) bond motifs is 3. The number of hydrogen-bond donors (Lipinski definition) is 1. The molecule has 0 saturated heterocycles. The number of rotatable bonds is 1. The van der Waals surface area contributed by atoms with E-state index in [2.05, 4.69) is 5.10 Å². The van der Waals surface area contributed by atoms with Gasteiger partial charge in [-0.3, -0.25) is 0 Å². The lowest BCUT2D eigenvalue weighted by Crippen LogP contribution is -2.33. The summed E-state index contributed by atoms with van der Waals surface area (Å²) in [6, 6.07) is 10.4. The summed E-state index contributed by atoms with van der Waals surface area (Å²) >= 11 is 0. The van der Waals surface area contributed by atoms with Crippen LogP contribution in [0.3, 0.4) is 0 Å². The van der Waals surface area contributed by atoms with Crippen LogP contribution in [0.4, 0.5) is 4.39 Å². The quantitative estimate of drug-likeness (QED) is 0.749. The van der Waals surface area contributed by atoms with Crippen LogP contribution in [0.15, 0.2) is 42.6 Å². The maximum atomic E-state index is 13.5. The number of hydrogen-bond acceptors (Lipinski definition) is 2. The third-order valence-electron chi connectivity index (χ3n) is 4.57. The fourth-order valence-electron chi connectivity index (χ4n) is 3.38. The molecule has 0 spiro atoms. The summed E-state index contributed by atoms with van der Waals surface area (Å²) in [4.78, 5) is 0. The first-order chi connectivity index (χ1) is 10.5. The number of nitrogens with zero attached hydrogens (tertiary/aromatic N) is 2. The SMILES string of the molecule is Cc1ccc2c3c(nn2c1)CCC(O)(c1cccc(F)c1)C3. The Hall–Kier alpha value is -2.20. The van der Waals surface area contributed by atoms with Crippen LogP contribution in [0.2, 0.25) is 0 Å². The van der Waals surface area contributed by atoms with Crippen molar-refractivity contribution in [1.82, 2.24) is 9.61 Å². The van der Waals surface area contributed by atoms with E-state index in [-0.39, 0.29) is 5.82 Å². The summed E-state index contributed by atoms with van der Waals surface area (Å²) in [5.41, 5.74) is 3.89. The van der Waals surface area contributed by atoms with Gasteiger partial charge in [0.15, 0.2) is 0 Å². The Bertz CT molecular complexity index is 871. The fraction of sp³-hybridized carbons (Fsp3) is 0.278. The number of benzene rings is 1. The predicted octanol–water partition coefficient (Wildman–Crippen LogP) is 3.16. The Balaban J connectivity index is 1.81. The Morgan fingerprint density at radius 3 is 2.95 bits per heavy atom. The Morgan fingerprint density at radius 2 is 2.14 bits per heavy atom. The zero-order valence-corrected chi connectivity index (χ0v) is 12.4. The minimum atomic E-state index is -1.02. The third-order valence-corrected chi connectivity index (χ3v) is 4.57. The van der Waals surface area contributed by atoms with Gasteiger partial charge < -0.3 is 5.11 Å². The lowest BCUT2D eigenvalue weighted by Gasteiger charge is -2.32. The van der Waals surface area contributed by atoms with Gasteiger partial charge >= 0.3 is 0 Å². The second-order valence-electron chi connectivity index (χ2n) is 6.18. The molecule has 1 aliphatic rings. The maximum Gasteiger partial charge on any atom is 0.123 e. The molecule has 2 aromatic heterocycles. The monoisotopic (exact) mass is 296 g/mol. The molecule has 4 heteroatoms. The van der Waals surface area contributed by atoms with E-state index in [9.17, 15) is 9.50 Å². The average molecular weight is 296 g/mol. The van der Waals surface area contributed by atoms with E-state index in [4.69, 9.17) is 0 Å². The molecule has 2 heterocycles. The first kappa shape index (κ1) is 13.5. The molecule has 1 N–H and O–H groups in total. The van der Waals surface area contributed by atoms with Crippen molar-refractivity contribution in [3.05, 3.63) is 70.8 Å². The number of aromatic nitrogens is 2. The summed E-state index contributed by atoms with van der Waals surface area (Å²) in [5.74, 6) is -0.313. The zero-order valence-electron chi connectivity index (χ0n) is 12.4. The van der Waals surface area contributed by atoms with Gasteiger partial charge in [0.05, 0.1) is 16.8 Å². The highest BCUT2D eigenvalue weighted by Gasteiger charge is 2.36. The largest absolute Gasteiger partial charge is 0.385 e. The molecule has 0 fully saturated rings. The number of aliphatic hydroxyl groups is 1. The van der Waals surface area contributed by atoms with Crippen LogP contribution in [0.25, 0.3) is 5.52 Å². The highest BCUT2D eigenvalue weighted by molar-refractivity contribution is 5.59. The van der Waals surface area contributed by atoms with Crippen LogP contribution >= 0.6 is 0 Å². The Kier molecular flexibility index (Phi) is 2.84. The molecule has 3 nitrogen and oxygen atoms in total. The lowest BCUT2D eigenvalue weighted by atomic mass is 9.78. The standard InChI is InChI=1S/C18H17FN2O/c1-12-5-6-17-15-10-18(22,13-3-2-4-14(19)9-13)8-7-16(15)20-21(17)11-12/h2-6,9,11,22H,7-8,10H2,1H3. The summed E-state index contributed by atoms with van der Waals surface area (Å²) in [6.45, 7) is 2.03. The van der Waals surface area contributed by atoms with Crippen LogP contribution in [0, 0.1) is 12.7 Å². The van der Waals surface area contributed by atoms with Gasteiger partial charge in [0.1, 0.15) is 5.82 Å². The van der Waals surface area contributed by atoms with Gasteiger partial charge in [-0.25, -0.2) is 8.91 Å². The van der Waals surface area contributed by atoms with Crippen molar-refractivity contribution in [3.8, 4) is 0 Å². The van der Waals surface area contributed by atoms with E-state index in [1.807, 2.05) is 29.8 Å². The van der Waals surface area contributed by atoms with Crippen molar-refractivity contribution < 1.29 is 9.50 Å². The summed E-state index contributed by atoms with van der Waals surface area (Å²) in [5, 5.41) is 15.7. The van der Waals surface area contributed by atoms with Gasteiger partial charge in [-0.05, 0) is 49.1 Å². The molecule has 4 rings (SSSR count). The molecule has 1 aromatic carbocycles. The van der Waals surface area contributed by atoms with E-state index >= 15 is 0 Å². The lowest BCUT2D eigenvalue weighted by molar-refractivity contribution is 0.0220. The van der Waals surface area contributed by atoms with Gasteiger partial charge in [0, 0.05) is 18.2 Å². The second kappa shape index (κ2) is 4.65. The van der Waals surface area contributed by atoms with Crippen molar-refractivity contribution in [1.29, 1.82) is 0 Å². The molecular formula is C18H17FN2O. The average Bonchev–Trinajstić information content (AvgIpc) is 2.84. The number of halogens is 1. The van der Waals surface area contributed by atoms with Crippen LogP contribution in [-0.4, -0.2) is 14.7 Å². The molecule has 0 bridgehead atoms. The number of aryl methyl sites for hydroxylation is 2. The van der Waals surface area contributed by atoms with E-state index < -0.39 is 5.60 Å². The summed E-state index contributed by atoms with van der Waals surface area (Å²) < 4.78 is 15.4. The first-order valence-electron chi connectivity index (χ1n) is 7.50. The van der Waals surface area contributed by atoms with Crippen molar-refractivity contribution in [2.45, 2.75) is 31.8 Å². The van der Waals surface area contributed by atoms with Crippen molar-refractivity contribution >= 4 is 5.52 Å². The van der Waals surface area contributed by atoms with Crippen LogP contribution in [0.1, 0.15) is 28.8 Å². The van der Waals surface area contributed by atoms with E-state index in [1.54, 1.807) is 12.1 Å². The van der Waals surface area contributed by atoms with Gasteiger partial charge in [0.25, 0.3) is 0 Å². The fourth-order valence-corrected chi connectivity index (χ4v) is 3.38. The zero-order chi connectivity index (χ0) is 15.3. The molecule has 1 unspecified atom stereocenters. The molecule has 1 atom stereocenters. The molecule has 0 radical (unpaired) electrons. The summed E-state index contributed by atoms with van der Waals surface area (Å²) in [6.07, 6.45) is 3.72.